The number of fused-ring (bicyclic) bond motifs is 1. The number of hydrogen-bond acceptors (Lipinski definition) is 6. The summed E-state index contributed by atoms with van der Waals surface area (Å²) in [5.41, 5.74) is 1.09. The Balaban J connectivity index is 1.77. The monoisotopic (exact) mass is 477 g/mol. The van der Waals surface area contributed by atoms with Gasteiger partial charge in [0.05, 0.1) is 24.1 Å². The zero-order valence-electron chi connectivity index (χ0n) is 18.2. The molecule has 33 heavy (non-hydrogen) atoms. The molecule has 0 saturated carbocycles. The number of carbonyl (C=O) groups excluding carboxylic acids is 1. The molecule has 3 aromatic rings. The maximum absolute atomic E-state index is 13.2. The second kappa shape index (κ2) is 8.89. The van der Waals surface area contributed by atoms with Gasteiger partial charge >= 0.3 is 12.2 Å². The van der Waals surface area contributed by atoms with Crippen molar-refractivity contribution in [2.75, 3.05) is 35.7 Å². The first-order valence-electron chi connectivity index (χ1n) is 10.2. The quantitative estimate of drug-likeness (QED) is 0.506. The molecular weight excluding hydrogens is 455 g/mol. The molecule has 0 bridgehead atoms. The second-order valence-electron chi connectivity index (χ2n) is 7.51. The number of hydrogen-bond donors (Lipinski definition) is 2. The number of methoxy groups -OCH3 is 1. The molecule has 0 spiro atoms. The number of thiazole rings is 1. The molecule has 7 nitrogen and oxygen atoms in total. The van der Waals surface area contributed by atoms with Crippen LogP contribution in [0, 0.1) is 13.8 Å². The Morgan fingerprint density at radius 1 is 1.24 bits per heavy atom. The van der Waals surface area contributed by atoms with E-state index in [0.717, 1.165) is 22.7 Å². The van der Waals surface area contributed by atoms with Crippen molar-refractivity contribution < 1.29 is 22.7 Å². The first kappa shape index (κ1) is 22.8. The molecule has 1 aliphatic heterocycles. The highest BCUT2D eigenvalue weighted by atomic mass is 32.1. The highest BCUT2D eigenvalue weighted by Gasteiger charge is 2.31. The number of ether oxygens (including phenoxy) is 1. The van der Waals surface area contributed by atoms with Crippen LogP contribution in [-0.2, 0) is 6.18 Å². The van der Waals surface area contributed by atoms with Crippen molar-refractivity contribution in [2.24, 2.45) is 0 Å². The predicted molar refractivity (Wildman–Crippen MR) is 122 cm³/mol. The van der Waals surface area contributed by atoms with Crippen LogP contribution in [0.25, 0.3) is 11.3 Å². The van der Waals surface area contributed by atoms with E-state index < -0.39 is 17.8 Å². The molecule has 2 aromatic heterocycles. The molecular formula is C22H22F3N5O2S. The minimum Gasteiger partial charge on any atom is -0.494 e. The fraction of sp³-hybridized carbons (Fsp3) is 0.318. The van der Waals surface area contributed by atoms with E-state index in [-0.39, 0.29) is 17.1 Å². The predicted octanol–water partition coefficient (Wildman–Crippen LogP) is 5.70. The van der Waals surface area contributed by atoms with Crippen LogP contribution in [0.1, 0.15) is 22.6 Å². The molecule has 0 unspecified atom stereocenters. The molecule has 0 atom stereocenters. The van der Waals surface area contributed by atoms with Gasteiger partial charge in [-0.3, -0.25) is 10.2 Å². The third-order valence-electron chi connectivity index (χ3n) is 5.27. The van der Waals surface area contributed by atoms with Crippen LogP contribution >= 0.6 is 11.3 Å². The number of carbonyl (C=O) groups is 1. The van der Waals surface area contributed by atoms with E-state index >= 15 is 0 Å². The number of benzene rings is 1. The topological polar surface area (TPSA) is 79.4 Å². The van der Waals surface area contributed by atoms with E-state index in [1.165, 1.54) is 29.4 Å². The largest absolute Gasteiger partial charge is 0.494 e. The van der Waals surface area contributed by atoms with Gasteiger partial charge in [0.2, 0.25) is 0 Å². The Labute approximate surface area is 192 Å². The summed E-state index contributed by atoms with van der Waals surface area (Å²) in [5, 5.41) is 6.49. The van der Waals surface area contributed by atoms with Crippen molar-refractivity contribution >= 4 is 34.0 Å². The zero-order valence-corrected chi connectivity index (χ0v) is 19.0. The van der Waals surface area contributed by atoms with Crippen molar-refractivity contribution in [1.29, 1.82) is 0 Å². The van der Waals surface area contributed by atoms with Crippen LogP contribution in [0.5, 0.6) is 5.75 Å². The number of pyridine rings is 1. The average Bonchev–Trinajstić information content (AvgIpc) is 2.97. The molecule has 0 saturated heterocycles. The van der Waals surface area contributed by atoms with Crippen molar-refractivity contribution in [3.63, 3.8) is 0 Å². The number of nitrogens with one attached hydrogen (secondary N) is 2. The fourth-order valence-electron chi connectivity index (χ4n) is 3.47. The van der Waals surface area contributed by atoms with Gasteiger partial charge in [0, 0.05) is 29.6 Å². The second-order valence-corrected chi connectivity index (χ2v) is 8.71. The SMILES string of the molecule is COc1cc(-c2cccc(C(F)(F)F)c2)nc2c1NCCCN2C(=O)Nc1nc(C)c(C)s1. The summed E-state index contributed by atoms with van der Waals surface area (Å²) in [6, 6.07) is 6.04. The van der Waals surface area contributed by atoms with Crippen molar-refractivity contribution in [1.82, 2.24) is 9.97 Å². The fourth-order valence-corrected chi connectivity index (χ4v) is 4.28. The highest BCUT2D eigenvalue weighted by molar-refractivity contribution is 7.15. The summed E-state index contributed by atoms with van der Waals surface area (Å²) in [6.07, 6.45) is -3.84. The number of alkyl halides is 3. The molecule has 0 fully saturated rings. The van der Waals surface area contributed by atoms with Crippen LogP contribution in [0.3, 0.4) is 0 Å². The van der Waals surface area contributed by atoms with Gasteiger partial charge in [-0.2, -0.15) is 13.2 Å². The summed E-state index contributed by atoms with van der Waals surface area (Å²) in [6.45, 7) is 4.71. The third-order valence-corrected chi connectivity index (χ3v) is 6.26. The van der Waals surface area contributed by atoms with Gasteiger partial charge in [0.1, 0.15) is 11.4 Å². The number of nitrogens with zero attached hydrogens (tertiary/aromatic N) is 3. The van der Waals surface area contributed by atoms with E-state index in [2.05, 4.69) is 20.6 Å². The molecule has 2 amide bonds. The Hall–Kier alpha value is -3.34. The number of amides is 2. The lowest BCUT2D eigenvalue weighted by Gasteiger charge is -2.23. The van der Waals surface area contributed by atoms with E-state index in [0.29, 0.717) is 36.1 Å². The Morgan fingerprint density at radius 2 is 2.03 bits per heavy atom. The summed E-state index contributed by atoms with van der Waals surface area (Å²) >= 11 is 1.37. The van der Waals surface area contributed by atoms with E-state index in [1.807, 2.05) is 13.8 Å². The van der Waals surface area contributed by atoms with Gasteiger partial charge in [-0.05, 0) is 32.4 Å². The van der Waals surface area contributed by atoms with Gasteiger partial charge in [-0.15, -0.1) is 11.3 Å². The molecule has 4 rings (SSSR count). The lowest BCUT2D eigenvalue weighted by Crippen LogP contribution is -2.36. The number of aryl methyl sites for hydroxylation is 2. The smallest absolute Gasteiger partial charge is 0.416 e. The first-order chi connectivity index (χ1) is 15.7. The van der Waals surface area contributed by atoms with Crippen LogP contribution < -0.4 is 20.3 Å². The van der Waals surface area contributed by atoms with Gasteiger partial charge in [0.15, 0.2) is 10.9 Å². The summed E-state index contributed by atoms with van der Waals surface area (Å²) < 4.78 is 45.2. The normalized spacial score (nSPS) is 13.7. The first-order valence-corrected chi connectivity index (χ1v) is 11.0. The average molecular weight is 478 g/mol. The number of anilines is 3. The maximum Gasteiger partial charge on any atom is 0.416 e. The number of rotatable bonds is 3. The van der Waals surface area contributed by atoms with E-state index in [4.69, 9.17) is 4.74 Å². The van der Waals surface area contributed by atoms with Crippen LogP contribution in [0.15, 0.2) is 30.3 Å². The summed E-state index contributed by atoms with van der Waals surface area (Å²) in [7, 11) is 1.46. The lowest BCUT2D eigenvalue weighted by molar-refractivity contribution is -0.137. The molecule has 174 valence electrons. The molecule has 11 heteroatoms. The lowest BCUT2D eigenvalue weighted by atomic mass is 10.1. The third kappa shape index (κ3) is 4.72. The molecule has 1 aromatic carbocycles. The summed E-state index contributed by atoms with van der Waals surface area (Å²) in [4.78, 5) is 24.5. The molecule has 3 heterocycles. The molecule has 1 aliphatic rings. The molecule has 0 radical (unpaired) electrons. The van der Waals surface area contributed by atoms with E-state index in [1.54, 1.807) is 12.1 Å². The Kier molecular flexibility index (Phi) is 6.15. The zero-order chi connectivity index (χ0) is 23.8. The van der Waals surface area contributed by atoms with Crippen LogP contribution in [0.4, 0.5) is 34.6 Å². The highest BCUT2D eigenvalue weighted by Crippen LogP contribution is 2.40. The Morgan fingerprint density at radius 3 is 2.70 bits per heavy atom. The maximum atomic E-state index is 13.2. The van der Waals surface area contributed by atoms with Crippen molar-refractivity contribution in [3.8, 4) is 17.0 Å². The van der Waals surface area contributed by atoms with Gasteiger partial charge < -0.3 is 10.1 Å². The van der Waals surface area contributed by atoms with Crippen LogP contribution in [0.2, 0.25) is 0 Å². The minimum absolute atomic E-state index is 0.263. The van der Waals surface area contributed by atoms with Gasteiger partial charge in [0.25, 0.3) is 0 Å². The van der Waals surface area contributed by atoms with E-state index in [9.17, 15) is 18.0 Å². The molecule has 0 aliphatic carbocycles. The van der Waals surface area contributed by atoms with Gasteiger partial charge in [-0.25, -0.2) is 14.8 Å². The number of aromatic nitrogens is 2. The standard InChI is InChI=1S/C22H22F3N5O2S/c1-12-13(2)33-20(27-12)29-21(31)30-9-5-8-26-18-17(32-3)11-16(28-19(18)30)14-6-4-7-15(10-14)22(23,24)25/h4,6-7,10-11,26H,5,8-9H2,1-3H3,(H,27,29,31). The molecule has 2 N–H and O–H groups in total. The van der Waals surface area contributed by atoms with Crippen molar-refractivity contribution in [3.05, 3.63) is 46.5 Å². The van der Waals surface area contributed by atoms with Gasteiger partial charge in [-0.1, -0.05) is 12.1 Å². The Bertz CT molecular complexity index is 1180. The van der Waals surface area contributed by atoms with Crippen LogP contribution in [-0.4, -0.2) is 36.2 Å². The van der Waals surface area contributed by atoms with Crippen molar-refractivity contribution in [2.45, 2.75) is 26.4 Å². The number of halogens is 3. The summed E-state index contributed by atoms with van der Waals surface area (Å²) in [5.74, 6) is 0.662. The minimum atomic E-state index is -4.48. The number of urea groups is 1.